The number of nitrogens with one attached hydrogen (secondary N) is 1. The Morgan fingerprint density at radius 3 is 2.37 bits per heavy atom. The van der Waals surface area contributed by atoms with Crippen LogP contribution < -0.4 is 10.5 Å². The minimum atomic E-state index is -3.58. The lowest BCUT2D eigenvalue weighted by molar-refractivity contribution is 0.457. The van der Waals surface area contributed by atoms with E-state index in [0.29, 0.717) is 12.5 Å². The van der Waals surface area contributed by atoms with E-state index in [1.165, 1.54) is 12.3 Å². The van der Waals surface area contributed by atoms with Gasteiger partial charge < -0.3 is 5.73 Å². The zero-order valence-electron chi connectivity index (χ0n) is 11.8. The molecule has 1 saturated carbocycles. The summed E-state index contributed by atoms with van der Waals surface area (Å²) in [5.74, 6) is 0.358. The summed E-state index contributed by atoms with van der Waals surface area (Å²) in [6.07, 6.45) is 1.47. The van der Waals surface area contributed by atoms with E-state index in [2.05, 4.69) is 37.4 Å². The van der Waals surface area contributed by atoms with Crippen LogP contribution >= 0.6 is 0 Å². The standard InChI is InChI=1S/C13H21N3O2S/c1-12(2)10(13(12,3)4)8-16-19(17,18)9-6-5-7-15-11(9)14/h5-7,10,16H,8H2,1-4H3,(H2,14,15). The number of nitrogens with two attached hydrogens (primary N) is 1. The lowest BCUT2D eigenvalue weighted by atomic mass is 10.0. The highest BCUT2D eigenvalue weighted by Crippen LogP contribution is 2.67. The van der Waals surface area contributed by atoms with Crippen LogP contribution in [0.25, 0.3) is 0 Å². The second-order valence-corrected chi connectivity index (χ2v) is 7.97. The second kappa shape index (κ2) is 4.18. The highest BCUT2D eigenvalue weighted by atomic mass is 32.2. The van der Waals surface area contributed by atoms with Crippen LogP contribution in [0.3, 0.4) is 0 Å². The molecule has 1 aliphatic rings. The van der Waals surface area contributed by atoms with E-state index in [0.717, 1.165) is 0 Å². The summed E-state index contributed by atoms with van der Waals surface area (Å²) in [5.41, 5.74) is 5.90. The van der Waals surface area contributed by atoms with Gasteiger partial charge >= 0.3 is 0 Å². The van der Waals surface area contributed by atoms with Crippen molar-refractivity contribution in [3.05, 3.63) is 18.3 Å². The molecule has 1 heterocycles. The molecule has 0 bridgehead atoms. The lowest BCUT2D eigenvalue weighted by Gasteiger charge is -2.09. The van der Waals surface area contributed by atoms with Crippen LogP contribution in [0, 0.1) is 16.7 Å². The van der Waals surface area contributed by atoms with Gasteiger partial charge in [-0.25, -0.2) is 18.1 Å². The number of hydrogen-bond donors (Lipinski definition) is 2. The topological polar surface area (TPSA) is 85.1 Å². The summed E-state index contributed by atoms with van der Waals surface area (Å²) >= 11 is 0. The highest BCUT2D eigenvalue weighted by Gasteiger charge is 2.64. The number of aromatic nitrogens is 1. The van der Waals surface area contributed by atoms with Crippen molar-refractivity contribution in [1.29, 1.82) is 0 Å². The Morgan fingerprint density at radius 2 is 1.89 bits per heavy atom. The Bertz CT molecular complexity index is 580. The maximum atomic E-state index is 12.2. The van der Waals surface area contributed by atoms with Gasteiger partial charge in [-0.15, -0.1) is 0 Å². The molecular formula is C13H21N3O2S. The van der Waals surface area contributed by atoms with Crippen molar-refractivity contribution in [3.63, 3.8) is 0 Å². The van der Waals surface area contributed by atoms with Crippen LogP contribution in [0.4, 0.5) is 5.82 Å². The van der Waals surface area contributed by atoms with Gasteiger partial charge in [0.05, 0.1) is 0 Å². The van der Waals surface area contributed by atoms with E-state index < -0.39 is 10.0 Å². The highest BCUT2D eigenvalue weighted by molar-refractivity contribution is 7.89. The Labute approximate surface area is 114 Å². The average molecular weight is 283 g/mol. The van der Waals surface area contributed by atoms with E-state index in [-0.39, 0.29) is 21.5 Å². The molecule has 0 spiro atoms. The lowest BCUT2D eigenvalue weighted by Crippen LogP contribution is -2.28. The first-order valence-electron chi connectivity index (χ1n) is 6.31. The minimum absolute atomic E-state index is 0.0318. The van der Waals surface area contributed by atoms with Crippen molar-refractivity contribution in [2.24, 2.45) is 16.7 Å². The molecule has 5 nitrogen and oxygen atoms in total. The first-order chi connectivity index (χ1) is 8.61. The number of pyridine rings is 1. The Hall–Kier alpha value is -1.14. The Kier molecular flexibility index (Phi) is 3.14. The molecule has 0 unspecified atom stereocenters. The molecule has 3 N–H and O–H groups in total. The van der Waals surface area contributed by atoms with Crippen molar-refractivity contribution in [1.82, 2.24) is 9.71 Å². The van der Waals surface area contributed by atoms with Gasteiger partial charge in [0.15, 0.2) is 0 Å². The third kappa shape index (κ3) is 2.23. The van der Waals surface area contributed by atoms with Crippen LogP contribution in [0.5, 0.6) is 0 Å². The maximum absolute atomic E-state index is 12.2. The number of nitrogen functional groups attached to an aromatic ring is 1. The molecule has 0 atom stereocenters. The summed E-state index contributed by atoms with van der Waals surface area (Å²) < 4.78 is 27.0. The fourth-order valence-electron chi connectivity index (χ4n) is 2.74. The average Bonchev–Trinajstić information content (AvgIpc) is 2.67. The van der Waals surface area contributed by atoms with Crippen molar-refractivity contribution >= 4 is 15.8 Å². The maximum Gasteiger partial charge on any atom is 0.244 e. The predicted octanol–water partition coefficient (Wildman–Crippen LogP) is 1.62. The van der Waals surface area contributed by atoms with Crippen LogP contribution in [0.1, 0.15) is 27.7 Å². The summed E-state index contributed by atoms with van der Waals surface area (Å²) in [7, 11) is -3.58. The SMILES string of the molecule is CC1(C)C(CNS(=O)(=O)c2cccnc2N)C1(C)C. The van der Waals surface area contributed by atoms with Gasteiger partial charge in [0.2, 0.25) is 10.0 Å². The van der Waals surface area contributed by atoms with Gasteiger partial charge in [-0.05, 0) is 28.9 Å². The molecular weight excluding hydrogens is 262 g/mol. The van der Waals surface area contributed by atoms with Crippen LogP contribution in [-0.4, -0.2) is 19.9 Å². The first-order valence-corrected chi connectivity index (χ1v) is 7.79. The monoisotopic (exact) mass is 283 g/mol. The molecule has 1 aromatic rings. The quantitative estimate of drug-likeness (QED) is 0.879. The summed E-state index contributed by atoms with van der Waals surface area (Å²) in [4.78, 5) is 3.85. The van der Waals surface area contributed by atoms with Crippen LogP contribution in [0.2, 0.25) is 0 Å². The predicted molar refractivity (Wildman–Crippen MR) is 74.9 cm³/mol. The molecule has 0 aliphatic heterocycles. The third-order valence-electron chi connectivity index (χ3n) is 4.89. The first kappa shape index (κ1) is 14.3. The third-order valence-corrected chi connectivity index (χ3v) is 6.36. The molecule has 1 aliphatic carbocycles. The molecule has 0 aromatic carbocycles. The zero-order valence-corrected chi connectivity index (χ0v) is 12.6. The number of sulfonamides is 1. The Morgan fingerprint density at radius 1 is 1.32 bits per heavy atom. The van der Waals surface area contributed by atoms with Gasteiger partial charge in [-0.2, -0.15) is 0 Å². The molecule has 0 saturated heterocycles. The molecule has 1 aromatic heterocycles. The van der Waals surface area contributed by atoms with E-state index in [9.17, 15) is 8.42 Å². The van der Waals surface area contributed by atoms with Crippen molar-refractivity contribution < 1.29 is 8.42 Å². The largest absolute Gasteiger partial charge is 0.383 e. The Balaban J connectivity index is 2.11. The number of rotatable bonds is 4. The normalized spacial score (nSPS) is 21.3. The molecule has 19 heavy (non-hydrogen) atoms. The van der Waals surface area contributed by atoms with E-state index in [1.54, 1.807) is 6.07 Å². The fourth-order valence-corrected chi connectivity index (χ4v) is 3.87. The van der Waals surface area contributed by atoms with Gasteiger partial charge in [-0.1, -0.05) is 27.7 Å². The molecule has 1 fully saturated rings. The van der Waals surface area contributed by atoms with Crippen LogP contribution in [0.15, 0.2) is 23.2 Å². The van der Waals surface area contributed by atoms with E-state index in [1.807, 2.05) is 0 Å². The summed E-state index contributed by atoms with van der Waals surface area (Å²) in [6, 6.07) is 3.03. The van der Waals surface area contributed by atoms with Gasteiger partial charge in [0.1, 0.15) is 10.7 Å². The van der Waals surface area contributed by atoms with Gasteiger partial charge in [0, 0.05) is 12.7 Å². The molecule has 106 valence electrons. The molecule has 6 heteroatoms. The number of hydrogen-bond acceptors (Lipinski definition) is 4. The van der Waals surface area contributed by atoms with Gasteiger partial charge in [-0.3, -0.25) is 0 Å². The smallest absolute Gasteiger partial charge is 0.244 e. The van der Waals surface area contributed by atoms with Crippen molar-refractivity contribution in [2.45, 2.75) is 32.6 Å². The van der Waals surface area contributed by atoms with Gasteiger partial charge in [0.25, 0.3) is 0 Å². The minimum Gasteiger partial charge on any atom is -0.383 e. The van der Waals surface area contributed by atoms with Crippen LogP contribution in [-0.2, 0) is 10.0 Å². The van der Waals surface area contributed by atoms with Crippen molar-refractivity contribution in [2.75, 3.05) is 12.3 Å². The molecule has 0 radical (unpaired) electrons. The van der Waals surface area contributed by atoms with Crippen molar-refractivity contribution in [3.8, 4) is 0 Å². The number of anilines is 1. The second-order valence-electron chi connectivity index (χ2n) is 6.23. The zero-order chi connectivity index (χ0) is 14.5. The molecule has 0 amide bonds. The molecule has 2 rings (SSSR count). The van der Waals surface area contributed by atoms with E-state index in [4.69, 9.17) is 5.73 Å². The summed E-state index contributed by atoms with van der Waals surface area (Å²) in [5, 5.41) is 0. The fraction of sp³-hybridized carbons (Fsp3) is 0.615. The van der Waals surface area contributed by atoms with E-state index >= 15 is 0 Å². The number of nitrogens with zero attached hydrogens (tertiary/aromatic N) is 1. The summed E-state index contributed by atoms with van der Waals surface area (Å²) in [6.45, 7) is 9.06.